The van der Waals surface area contributed by atoms with Crippen molar-refractivity contribution >= 4 is 47.1 Å². The van der Waals surface area contributed by atoms with Gasteiger partial charge in [-0.15, -0.1) is 0 Å². The number of nitrogens with two attached hydrogens (primary N) is 1. The predicted molar refractivity (Wildman–Crippen MR) is 135 cm³/mol. The molecule has 39 heavy (non-hydrogen) atoms. The molecule has 6 rings (SSSR count). The van der Waals surface area contributed by atoms with Crippen LogP contribution in [-0.2, 0) is 19.1 Å². The Balaban J connectivity index is 1.41. The van der Waals surface area contributed by atoms with Crippen LogP contribution < -0.4 is 5.73 Å². The van der Waals surface area contributed by atoms with Crippen LogP contribution in [0.15, 0.2) is 62.4 Å². The molecule has 1 amide bonds. The molecule has 1 saturated carbocycles. The second-order valence-electron chi connectivity index (χ2n) is 10.2. The van der Waals surface area contributed by atoms with Crippen LogP contribution in [0.25, 0.3) is 0 Å². The molecular weight excluding hydrogens is 534 g/mol. The molecule has 4 heterocycles. The summed E-state index contributed by atoms with van der Waals surface area (Å²) < 4.78 is 34.6. The average molecular weight is 555 g/mol. The van der Waals surface area contributed by atoms with Crippen molar-refractivity contribution in [2.24, 2.45) is 16.3 Å². The van der Waals surface area contributed by atoms with E-state index in [1.165, 1.54) is 18.4 Å². The first-order valence-electron chi connectivity index (χ1n) is 12.3. The zero-order chi connectivity index (χ0) is 27.6. The SMILES string of the molecule is Nc1ccc(C(=O)COC(=O)C2CN3C(=O)CC4(CC4)C3C3=C2C2=CC(=O)C=C(F)/C2=C(\Cl)C=NC3)c(F)n1. The van der Waals surface area contributed by atoms with Gasteiger partial charge in [0.15, 0.2) is 12.4 Å². The summed E-state index contributed by atoms with van der Waals surface area (Å²) in [6, 6.07) is 2.00. The van der Waals surface area contributed by atoms with Gasteiger partial charge in [-0.1, -0.05) is 11.6 Å². The maximum atomic E-state index is 15.1. The van der Waals surface area contributed by atoms with Crippen LogP contribution >= 0.6 is 11.6 Å². The molecule has 5 aliphatic rings. The number of aromatic nitrogens is 1. The first-order valence-corrected chi connectivity index (χ1v) is 12.7. The van der Waals surface area contributed by atoms with Gasteiger partial charge in [-0.25, -0.2) is 9.37 Å². The number of amides is 1. The van der Waals surface area contributed by atoms with Crippen molar-refractivity contribution < 1.29 is 32.7 Å². The van der Waals surface area contributed by atoms with Gasteiger partial charge < -0.3 is 15.4 Å². The highest BCUT2D eigenvalue weighted by Crippen LogP contribution is 2.62. The number of aliphatic imine (C=N–C) groups is 1. The van der Waals surface area contributed by atoms with Crippen molar-refractivity contribution in [3.63, 3.8) is 0 Å². The van der Waals surface area contributed by atoms with Crippen molar-refractivity contribution in [3.8, 4) is 0 Å². The van der Waals surface area contributed by atoms with Crippen LogP contribution in [-0.4, -0.2) is 65.3 Å². The fraction of sp³-hybridized carbons (Fsp3) is 0.333. The molecule has 2 unspecified atom stereocenters. The van der Waals surface area contributed by atoms with Crippen molar-refractivity contribution in [1.29, 1.82) is 0 Å². The highest BCUT2D eigenvalue weighted by atomic mass is 35.5. The molecule has 1 aromatic rings. The zero-order valence-electron chi connectivity index (χ0n) is 20.4. The molecule has 200 valence electrons. The highest BCUT2D eigenvalue weighted by molar-refractivity contribution is 6.40. The molecule has 2 N–H and O–H groups in total. The Morgan fingerprint density at radius 2 is 1.97 bits per heavy atom. The molecule has 1 saturated heterocycles. The summed E-state index contributed by atoms with van der Waals surface area (Å²) in [5.74, 6) is -5.77. The zero-order valence-corrected chi connectivity index (χ0v) is 21.1. The summed E-state index contributed by atoms with van der Waals surface area (Å²) in [5, 5.41) is -0.0475. The number of pyridine rings is 1. The topological polar surface area (TPSA) is 132 Å². The Morgan fingerprint density at radius 1 is 1.21 bits per heavy atom. The van der Waals surface area contributed by atoms with E-state index in [1.807, 2.05) is 0 Å². The molecule has 3 aliphatic heterocycles. The van der Waals surface area contributed by atoms with Gasteiger partial charge in [0, 0.05) is 36.2 Å². The number of ether oxygens (including phenoxy) is 1. The molecule has 2 atom stereocenters. The summed E-state index contributed by atoms with van der Waals surface area (Å²) in [6.45, 7) is -0.840. The van der Waals surface area contributed by atoms with Gasteiger partial charge in [-0.3, -0.25) is 24.2 Å². The van der Waals surface area contributed by atoms with Crippen molar-refractivity contribution in [2.45, 2.75) is 25.3 Å². The number of carbonyl (C=O) groups is 4. The lowest BCUT2D eigenvalue weighted by atomic mass is 9.74. The number of ketones is 2. The number of hydrogen-bond acceptors (Lipinski definition) is 8. The molecule has 2 fully saturated rings. The molecule has 2 aliphatic carbocycles. The Labute approximate surface area is 225 Å². The highest BCUT2D eigenvalue weighted by Gasteiger charge is 2.62. The van der Waals surface area contributed by atoms with Gasteiger partial charge in [0.05, 0.1) is 23.2 Å². The molecule has 0 radical (unpaired) electrons. The standard InChI is InChI=1S/C27H21ClF2N4O5/c28-17-9-32-8-15-22(14-5-12(35)6-18(29)23(14)17)16(10-34-21(37)7-27(3-4-27)24(15)34)26(38)39-11-19(36)13-1-2-20(31)33-25(13)30/h1-2,5-6,9,16,24H,3-4,7-8,10-11H2,(H2,31,33)/b23-17-,32-9?. The first-order chi connectivity index (χ1) is 18.6. The second kappa shape index (κ2) is 9.04. The van der Waals surface area contributed by atoms with E-state index in [9.17, 15) is 23.6 Å². The van der Waals surface area contributed by atoms with Crippen LogP contribution in [0.1, 0.15) is 29.6 Å². The number of halogens is 3. The quantitative estimate of drug-likeness (QED) is 0.344. The smallest absolute Gasteiger partial charge is 0.315 e. The van der Waals surface area contributed by atoms with E-state index in [4.69, 9.17) is 22.1 Å². The summed E-state index contributed by atoms with van der Waals surface area (Å²) in [4.78, 5) is 61.0. The number of nitrogen functional groups attached to an aromatic ring is 1. The van der Waals surface area contributed by atoms with Gasteiger partial charge in [0.2, 0.25) is 17.6 Å². The van der Waals surface area contributed by atoms with Crippen LogP contribution in [0.2, 0.25) is 0 Å². The van der Waals surface area contributed by atoms with Crippen LogP contribution in [0.5, 0.6) is 0 Å². The van der Waals surface area contributed by atoms with Crippen molar-refractivity contribution in [2.75, 3.05) is 25.4 Å². The number of allylic oxidation sites excluding steroid dienone is 6. The minimum Gasteiger partial charge on any atom is -0.457 e. The van der Waals surface area contributed by atoms with Crippen LogP contribution in [0.3, 0.4) is 0 Å². The van der Waals surface area contributed by atoms with Crippen molar-refractivity contribution in [3.05, 3.63) is 68.9 Å². The fourth-order valence-electron chi connectivity index (χ4n) is 6.03. The van der Waals surface area contributed by atoms with Crippen LogP contribution in [0, 0.1) is 17.3 Å². The number of rotatable bonds is 4. The minimum absolute atomic E-state index is 0.0475. The van der Waals surface area contributed by atoms with Crippen molar-refractivity contribution in [1.82, 2.24) is 9.88 Å². The maximum absolute atomic E-state index is 15.1. The third-order valence-corrected chi connectivity index (χ3v) is 8.16. The van der Waals surface area contributed by atoms with Crippen LogP contribution in [0.4, 0.5) is 14.6 Å². The number of anilines is 1. The van der Waals surface area contributed by atoms with Gasteiger partial charge in [-0.2, -0.15) is 4.39 Å². The molecular formula is C27H21ClF2N4O5. The number of Topliss-reactive ketones (excluding diaryl/α,β-unsaturated/α-hetero) is 1. The van der Waals surface area contributed by atoms with E-state index >= 15 is 4.39 Å². The van der Waals surface area contributed by atoms with E-state index in [0.717, 1.165) is 25.0 Å². The number of esters is 1. The van der Waals surface area contributed by atoms with Gasteiger partial charge in [0.1, 0.15) is 17.6 Å². The normalized spacial score (nSPS) is 26.8. The third kappa shape index (κ3) is 4.12. The molecule has 9 nitrogen and oxygen atoms in total. The van der Waals surface area contributed by atoms with Gasteiger partial charge in [-0.05, 0) is 47.8 Å². The third-order valence-electron chi connectivity index (χ3n) is 7.87. The summed E-state index contributed by atoms with van der Waals surface area (Å²) >= 11 is 6.37. The monoisotopic (exact) mass is 554 g/mol. The molecule has 1 spiro atoms. The Bertz CT molecular complexity index is 1540. The number of fused-ring (bicyclic) bond motifs is 5. The molecule has 0 aromatic carbocycles. The molecule has 12 heteroatoms. The fourth-order valence-corrected chi connectivity index (χ4v) is 6.29. The summed E-state index contributed by atoms with van der Waals surface area (Å²) in [5.41, 5.74) is 5.68. The summed E-state index contributed by atoms with van der Waals surface area (Å²) in [7, 11) is 0. The number of nitrogens with zero attached hydrogens (tertiary/aromatic N) is 3. The van der Waals surface area contributed by atoms with Gasteiger partial charge >= 0.3 is 5.97 Å². The van der Waals surface area contributed by atoms with E-state index in [0.29, 0.717) is 17.6 Å². The molecule has 1 aromatic heterocycles. The van der Waals surface area contributed by atoms with E-state index in [2.05, 4.69) is 9.98 Å². The van der Waals surface area contributed by atoms with Gasteiger partial charge in [0.25, 0.3) is 0 Å². The largest absolute Gasteiger partial charge is 0.457 e. The summed E-state index contributed by atoms with van der Waals surface area (Å²) in [6.07, 6.45) is 5.23. The predicted octanol–water partition coefficient (Wildman–Crippen LogP) is 2.78. The molecule has 0 bridgehead atoms. The minimum atomic E-state index is -1.17. The van der Waals surface area contributed by atoms with E-state index in [-0.39, 0.29) is 52.4 Å². The second-order valence-corrected chi connectivity index (χ2v) is 10.6. The first kappa shape index (κ1) is 25.3. The lowest BCUT2D eigenvalue weighted by Crippen LogP contribution is -2.49. The Morgan fingerprint density at radius 3 is 2.69 bits per heavy atom. The van der Waals surface area contributed by atoms with E-state index < -0.39 is 47.4 Å². The lowest BCUT2D eigenvalue weighted by Gasteiger charge is -2.41. The Kier molecular flexibility index (Phi) is 5.87. The maximum Gasteiger partial charge on any atom is 0.315 e. The Hall–Kier alpha value is -3.99. The average Bonchev–Trinajstić information content (AvgIpc) is 3.58. The number of hydrogen-bond donors (Lipinski definition) is 1. The lowest BCUT2D eigenvalue weighted by molar-refractivity contribution is -0.147. The number of carbonyl (C=O) groups excluding carboxylic acids is 4. The van der Waals surface area contributed by atoms with E-state index in [1.54, 1.807) is 4.90 Å².